The molecule has 18 heavy (non-hydrogen) atoms. The van der Waals surface area contributed by atoms with Gasteiger partial charge in [-0.15, -0.1) is 0 Å². The zero-order valence-corrected chi connectivity index (χ0v) is 10.9. The maximum Gasteiger partial charge on any atom is 0.251 e. The van der Waals surface area contributed by atoms with Gasteiger partial charge in [-0.3, -0.25) is 4.79 Å². The Hall–Kier alpha value is -1.75. The minimum absolute atomic E-state index is 0.138. The Morgan fingerprint density at radius 2 is 2.22 bits per heavy atom. The van der Waals surface area contributed by atoms with Gasteiger partial charge in [0.05, 0.1) is 12.3 Å². The number of anilines is 1. The van der Waals surface area contributed by atoms with E-state index < -0.39 is 0 Å². The molecule has 1 amide bonds. The van der Waals surface area contributed by atoms with Crippen LogP contribution < -0.4 is 15.8 Å². The third kappa shape index (κ3) is 4.25. The van der Waals surface area contributed by atoms with E-state index in [1.54, 1.807) is 25.3 Å². The molecular weight excluding hydrogens is 232 g/mol. The summed E-state index contributed by atoms with van der Waals surface area (Å²) in [6, 6.07) is 5.03. The van der Waals surface area contributed by atoms with Gasteiger partial charge in [0.15, 0.2) is 0 Å². The van der Waals surface area contributed by atoms with Crippen molar-refractivity contribution in [3.8, 4) is 5.75 Å². The number of carbonyl (C=O) groups excluding carboxylic acids is 1. The van der Waals surface area contributed by atoms with Gasteiger partial charge < -0.3 is 20.5 Å². The third-order valence-electron chi connectivity index (χ3n) is 2.38. The van der Waals surface area contributed by atoms with Gasteiger partial charge in [-0.25, -0.2) is 0 Å². The van der Waals surface area contributed by atoms with Crippen LogP contribution >= 0.6 is 0 Å². The lowest BCUT2D eigenvalue weighted by atomic mass is 10.1. The van der Waals surface area contributed by atoms with Crippen LogP contribution in [0, 0.1) is 0 Å². The molecule has 0 radical (unpaired) electrons. The predicted octanol–water partition coefficient (Wildman–Crippen LogP) is 1.43. The number of hydrogen-bond acceptors (Lipinski definition) is 4. The van der Waals surface area contributed by atoms with Crippen LogP contribution in [0.25, 0.3) is 0 Å². The van der Waals surface area contributed by atoms with Gasteiger partial charge in [0.2, 0.25) is 0 Å². The first kappa shape index (κ1) is 14.3. The number of nitrogens with two attached hydrogens (primary N) is 1. The number of hydrogen-bond donors (Lipinski definition) is 2. The van der Waals surface area contributed by atoms with E-state index in [1.807, 2.05) is 6.92 Å². The molecule has 1 rings (SSSR count). The molecule has 0 aromatic heterocycles. The van der Waals surface area contributed by atoms with E-state index in [1.165, 1.54) is 0 Å². The molecule has 1 aromatic rings. The molecule has 1 aromatic carbocycles. The highest BCUT2D eigenvalue weighted by atomic mass is 16.5. The van der Waals surface area contributed by atoms with Crippen molar-refractivity contribution in [3.05, 3.63) is 23.8 Å². The van der Waals surface area contributed by atoms with Gasteiger partial charge in [-0.05, 0) is 31.5 Å². The first-order chi connectivity index (χ1) is 8.69. The van der Waals surface area contributed by atoms with Gasteiger partial charge in [-0.1, -0.05) is 0 Å². The van der Waals surface area contributed by atoms with E-state index in [2.05, 4.69) is 5.32 Å². The van der Waals surface area contributed by atoms with Crippen molar-refractivity contribution in [2.45, 2.75) is 13.3 Å². The second-order valence-corrected chi connectivity index (χ2v) is 3.79. The highest BCUT2D eigenvalue weighted by Crippen LogP contribution is 2.22. The van der Waals surface area contributed by atoms with Crippen molar-refractivity contribution in [3.63, 3.8) is 0 Å². The fraction of sp³-hybridized carbons (Fsp3) is 0.462. The maximum atomic E-state index is 11.8. The van der Waals surface area contributed by atoms with Gasteiger partial charge in [-0.2, -0.15) is 0 Å². The molecule has 0 heterocycles. The maximum absolute atomic E-state index is 11.8. The molecule has 100 valence electrons. The Labute approximate surface area is 107 Å². The fourth-order valence-electron chi connectivity index (χ4n) is 1.50. The Balaban J connectivity index is 2.55. The van der Waals surface area contributed by atoms with Crippen LogP contribution in [0.1, 0.15) is 23.7 Å². The second-order valence-electron chi connectivity index (χ2n) is 3.79. The number of nitrogens with one attached hydrogen (secondary N) is 1. The number of nitrogen functional groups attached to an aromatic ring is 1. The summed E-state index contributed by atoms with van der Waals surface area (Å²) in [5.41, 5.74) is 6.81. The average Bonchev–Trinajstić information content (AvgIpc) is 2.37. The first-order valence-electron chi connectivity index (χ1n) is 5.98. The fourth-order valence-corrected chi connectivity index (χ4v) is 1.50. The molecule has 0 fully saturated rings. The topological polar surface area (TPSA) is 73.6 Å². The quantitative estimate of drug-likeness (QED) is 0.569. The summed E-state index contributed by atoms with van der Waals surface area (Å²) in [6.45, 7) is 3.65. The lowest BCUT2D eigenvalue weighted by Gasteiger charge is -2.09. The molecule has 0 unspecified atom stereocenters. The number of ether oxygens (including phenoxy) is 2. The normalized spacial score (nSPS) is 10.1. The molecular formula is C13H20N2O3. The highest BCUT2D eigenvalue weighted by Gasteiger charge is 2.08. The van der Waals surface area contributed by atoms with Crippen LogP contribution in [0.3, 0.4) is 0 Å². The molecule has 0 bridgehead atoms. The summed E-state index contributed by atoms with van der Waals surface area (Å²) >= 11 is 0. The van der Waals surface area contributed by atoms with Crippen LogP contribution in [0.5, 0.6) is 5.75 Å². The van der Waals surface area contributed by atoms with E-state index in [4.69, 9.17) is 15.2 Å². The van der Waals surface area contributed by atoms with E-state index >= 15 is 0 Å². The van der Waals surface area contributed by atoms with Crippen LogP contribution in [-0.4, -0.2) is 32.8 Å². The summed E-state index contributed by atoms with van der Waals surface area (Å²) in [7, 11) is 1.63. The number of benzene rings is 1. The Bertz CT molecular complexity index is 394. The van der Waals surface area contributed by atoms with E-state index in [0.717, 1.165) is 6.42 Å². The van der Waals surface area contributed by atoms with E-state index in [9.17, 15) is 4.79 Å². The van der Waals surface area contributed by atoms with Crippen molar-refractivity contribution < 1.29 is 14.3 Å². The number of carbonyl (C=O) groups is 1. The molecule has 0 aliphatic carbocycles. The van der Waals surface area contributed by atoms with Crippen molar-refractivity contribution >= 4 is 11.6 Å². The summed E-state index contributed by atoms with van der Waals surface area (Å²) in [5.74, 6) is 0.467. The highest BCUT2D eigenvalue weighted by molar-refractivity contribution is 5.95. The van der Waals surface area contributed by atoms with Gasteiger partial charge in [0.1, 0.15) is 5.75 Å². The standard InChI is InChI=1S/C13H20N2O3/c1-3-18-12-6-5-10(9-11(12)14)13(16)15-7-4-8-17-2/h5-6,9H,3-4,7-8,14H2,1-2H3,(H,15,16). The minimum Gasteiger partial charge on any atom is -0.492 e. The zero-order valence-electron chi connectivity index (χ0n) is 10.9. The van der Waals surface area contributed by atoms with Gasteiger partial charge >= 0.3 is 0 Å². The van der Waals surface area contributed by atoms with Crippen molar-refractivity contribution in [1.82, 2.24) is 5.32 Å². The third-order valence-corrected chi connectivity index (χ3v) is 2.38. The smallest absolute Gasteiger partial charge is 0.251 e. The first-order valence-corrected chi connectivity index (χ1v) is 5.98. The van der Waals surface area contributed by atoms with Crippen LogP contribution in [0.2, 0.25) is 0 Å². The number of rotatable bonds is 7. The Kier molecular flexibility index (Phi) is 6.00. The SMILES string of the molecule is CCOc1ccc(C(=O)NCCCOC)cc1N. The van der Waals surface area contributed by atoms with E-state index in [0.29, 0.717) is 36.8 Å². The van der Waals surface area contributed by atoms with Crippen LogP contribution in [-0.2, 0) is 4.74 Å². The van der Waals surface area contributed by atoms with Crippen molar-refractivity contribution in [1.29, 1.82) is 0 Å². The number of methoxy groups -OCH3 is 1. The predicted molar refractivity (Wildman–Crippen MR) is 70.8 cm³/mol. The van der Waals surface area contributed by atoms with E-state index in [-0.39, 0.29) is 5.91 Å². The average molecular weight is 252 g/mol. The molecule has 0 aliphatic heterocycles. The largest absolute Gasteiger partial charge is 0.492 e. The second kappa shape index (κ2) is 7.55. The summed E-state index contributed by atoms with van der Waals surface area (Å²) < 4.78 is 10.2. The minimum atomic E-state index is -0.138. The van der Waals surface area contributed by atoms with Crippen LogP contribution in [0.15, 0.2) is 18.2 Å². The lowest BCUT2D eigenvalue weighted by molar-refractivity contribution is 0.0948. The molecule has 0 saturated carbocycles. The zero-order chi connectivity index (χ0) is 13.4. The monoisotopic (exact) mass is 252 g/mol. The van der Waals surface area contributed by atoms with Crippen LogP contribution in [0.4, 0.5) is 5.69 Å². The molecule has 5 heteroatoms. The van der Waals surface area contributed by atoms with Gasteiger partial charge in [0.25, 0.3) is 5.91 Å². The summed E-state index contributed by atoms with van der Waals surface area (Å²) in [4.78, 5) is 11.8. The Morgan fingerprint density at radius 1 is 1.44 bits per heavy atom. The molecule has 0 spiro atoms. The number of amides is 1. The lowest BCUT2D eigenvalue weighted by Crippen LogP contribution is -2.25. The molecule has 5 nitrogen and oxygen atoms in total. The van der Waals surface area contributed by atoms with Crippen molar-refractivity contribution in [2.75, 3.05) is 32.6 Å². The molecule has 0 atom stereocenters. The summed E-state index contributed by atoms with van der Waals surface area (Å²) in [5, 5.41) is 2.80. The molecule has 3 N–H and O–H groups in total. The van der Waals surface area contributed by atoms with Crippen molar-refractivity contribution in [2.24, 2.45) is 0 Å². The summed E-state index contributed by atoms with van der Waals surface area (Å²) in [6.07, 6.45) is 0.786. The molecule has 0 aliphatic rings. The van der Waals surface area contributed by atoms with Gasteiger partial charge in [0, 0.05) is 25.8 Å². The Morgan fingerprint density at radius 3 is 2.83 bits per heavy atom. The molecule has 0 saturated heterocycles.